The molecular weight excluding hydrogens is 402 g/mol. The van der Waals surface area contributed by atoms with Gasteiger partial charge in [0.25, 0.3) is 10.0 Å². The highest BCUT2D eigenvalue weighted by Gasteiger charge is 2.38. The lowest BCUT2D eigenvalue weighted by molar-refractivity contribution is -0.123. The van der Waals surface area contributed by atoms with Gasteiger partial charge in [0, 0.05) is 19.1 Å². The van der Waals surface area contributed by atoms with E-state index in [0.29, 0.717) is 17.3 Å². The molecule has 2 fully saturated rings. The van der Waals surface area contributed by atoms with Gasteiger partial charge in [0.05, 0.1) is 9.83 Å². The maximum atomic E-state index is 12.6. The van der Waals surface area contributed by atoms with Crippen molar-refractivity contribution in [1.29, 1.82) is 0 Å². The lowest BCUT2D eigenvalue weighted by atomic mass is 10.0. The fourth-order valence-electron chi connectivity index (χ4n) is 3.51. The molecule has 0 aromatic carbocycles. The van der Waals surface area contributed by atoms with Crippen molar-refractivity contribution in [1.82, 2.24) is 9.21 Å². The first-order chi connectivity index (χ1) is 10.9. The minimum atomic E-state index is -3.41. The Morgan fingerprint density at radius 2 is 1.91 bits per heavy atom. The van der Waals surface area contributed by atoms with Crippen LogP contribution in [0.5, 0.6) is 0 Å². The Bertz CT molecular complexity index is 683. The molecule has 0 saturated carbocycles. The van der Waals surface area contributed by atoms with Gasteiger partial charge in [-0.15, -0.1) is 11.3 Å². The van der Waals surface area contributed by atoms with Gasteiger partial charge in [-0.05, 0) is 60.3 Å². The highest BCUT2D eigenvalue weighted by atomic mass is 79.9. The van der Waals surface area contributed by atoms with Gasteiger partial charge < -0.3 is 5.73 Å². The van der Waals surface area contributed by atoms with E-state index in [-0.39, 0.29) is 18.0 Å². The molecule has 1 amide bonds. The zero-order chi connectivity index (χ0) is 16.6. The Kier molecular flexibility index (Phi) is 5.12. The van der Waals surface area contributed by atoms with E-state index >= 15 is 0 Å². The summed E-state index contributed by atoms with van der Waals surface area (Å²) in [5.74, 6) is -0.263. The third-order valence-corrected chi connectivity index (χ3v) is 8.65. The number of hydrogen-bond donors (Lipinski definition) is 1. The Balaban J connectivity index is 1.65. The number of piperidine rings is 1. The summed E-state index contributed by atoms with van der Waals surface area (Å²) in [4.78, 5) is 13.7. The number of nitrogens with zero attached hydrogens (tertiary/aromatic N) is 2. The number of hydrogen-bond acceptors (Lipinski definition) is 5. The molecule has 2 aliphatic rings. The first kappa shape index (κ1) is 17.3. The van der Waals surface area contributed by atoms with Crippen LogP contribution >= 0.6 is 27.3 Å². The number of thiophene rings is 1. The molecule has 0 radical (unpaired) electrons. The van der Waals surface area contributed by atoms with Gasteiger partial charge in [-0.25, -0.2) is 8.42 Å². The molecule has 6 nitrogen and oxygen atoms in total. The standard InChI is InChI=1S/C14H20BrN3O3S2/c15-12-3-4-13(22-12)23(20,21)17-8-5-10(6-9-17)18-7-1-2-11(18)14(16)19/h3-4,10-11H,1-2,5-9H2,(H2,16,19). The third kappa shape index (κ3) is 3.48. The van der Waals surface area contributed by atoms with Crippen molar-refractivity contribution in [3.8, 4) is 0 Å². The van der Waals surface area contributed by atoms with Gasteiger partial charge in [0.1, 0.15) is 4.21 Å². The number of amides is 1. The summed E-state index contributed by atoms with van der Waals surface area (Å²) in [5.41, 5.74) is 5.48. The Hall–Kier alpha value is -0.480. The largest absolute Gasteiger partial charge is 0.368 e. The van der Waals surface area contributed by atoms with Crippen LogP contribution < -0.4 is 5.73 Å². The maximum Gasteiger partial charge on any atom is 0.252 e. The Labute approximate surface area is 148 Å². The van der Waals surface area contributed by atoms with Crippen LogP contribution in [-0.4, -0.2) is 55.2 Å². The quantitative estimate of drug-likeness (QED) is 0.799. The van der Waals surface area contributed by atoms with Gasteiger partial charge in [-0.3, -0.25) is 9.69 Å². The van der Waals surface area contributed by atoms with E-state index in [9.17, 15) is 13.2 Å². The van der Waals surface area contributed by atoms with Crippen LogP contribution in [0.4, 0.5) is 0 Å². The minimum absolute atomic E-state index is 0.184. The lowest BCUT2D eigenvalue weighted by Crippen LogP contribution is -2.51. The molecule has 2 saturated heterocycles. The molecule has 128 valence electrons. The monoisotopic (exact) mass is 421 g/mol. The van der Waals surface area contributed by atoms with E-state index in [1.54, 1.807) is 16.4 Å². The smallest absolute Gasteiger partial charge is 0.252 e. The molecule has 3 heterocycles. The van der Waals surface area contributed by atoms with E-state index in [0.717, 1.165) is 36.0 Å². The van der Waals surface area contributed by atoms with E-state index in [1.165, 1.54) is 11.3 Å². The summed E-state index contributed by atoms with van der Waals surface area (Å²) in [5, 5.41) is 0. The summed E-state index contributed by atoms with van der Waals surface area (Å²) in [6, 6.07) is 3.46. The van der Waals surface area contributed by atoms with Crippen molar-refractivity contribution in [2.75, 3.05) is 19.6 Å². The predicted molar refractivity (Wildman–Crippen MR) is 92.7 cm³/mol. The number of carbonyl (C=O) groups is 1. The summed E-state index contributed by atoms with van der Waals surface area (Å²) >= 11 is 4.54. The fourth-order valence-corrected chi connectivity index (χ4v) is 7.14. The summed E-state index contributed by atoms with van der Waals surface area (Å²) in [7, 11) is -3.41. The Morgan fingerprint density at radius 3 is 2.48 bits per heavy atom. The highest BCUT2D eigenvalue weighted by molar-refractivity contribution is 9.11. The van der Waals surface area contributed by atoms with Crippen molar-refractivity contribution >= 4 is 43.2 Å². The predicted octanol–water partition coefficient (Wildman–Crippen LogP) is 1.61. The van der Waals surface area contributed by atoms with Crippen LogP contribution in [0.15, 0.2) is 20.1 Å². The molecule has 23 heavy (non-hydrogen) atoms. The zero-order valence-corrected chi connectivity index (χ0v) is 15.9. The lowest BCUT2D eigenvalue weighted by Gasteiger charge is -2.37. The Morgan fingerprint density at radius 1 is 1.22 bits per heavy atom. The third-order valence-electron chi connectivity index (χ3n) is 4.66. The molecule has 1 atom stereocenters. The minimum Gasteiger partial charge on any atom is -0.368 e. The van der Waals surface area contributed by atoms with Crippen molar-refractivity contribution < 1.29 is 13.2 Å². The molecule has 3 rings (SSSR count). The molecule has 1 unspecified atom stereocenters. The van der Waals surface area contributed by atoms with Crippen LogP contribution in [0.1, 0.15) is 25.7 Å². The molecule has 0 bridgehead atoms. The highest BCUT2D eigenvalue weighted by Crippen LogP contribution is 2.31. The van der Waals surface area contributed by atoms with E-state index in [2.05, 4.69) is 20.8 Å². The van der Waals surface area contributed by atoms with Gasteiger partial charge in [0.2, 0.25) is 5.91 Å². The molecule has 2 N–H and O–H groups in total. The van der Waals surface area contributed by atoms with Crippen LogP contribution in [0.2, 0.25) is 0 Å². The van der Waals surface area contributed by atoms with Gasteiger partial charge in [-0.2, -0.15) is 4.31 Å². The van der Waals surface area contributed by atoms with Crippen molar-refractivity contribution in [2.24, 2.45) is 5.73 Å². The number of sulfonamides is 1. The number of halogens is 1. The fraction of sp³-hybridized carbons (Fsp3) is 0.643. The molecule has 0 aliphatic carbocycles. The number of likely N-dealkylation sites (tertiary alicyclic amines) is 1. The topological polar surface area (TPSA) is 83.7 Å². The molecule has 9 heteroatoms. The average molecular weight is 422 g/mol. The number of carbonyl (C=O) groups excluding carboxylic acids is 1. The summed E-state index contributed by atoms with van der Waals surface area (Å²) in [6.07, 6.45) is 3.29. The summed E-state index contributed by atoms with van der Waals surface area (Å²) in [6.45, 7) is 1.86. The molecule has 0 spiro atoms. The average Bonchev–Trinajstić information content (AvgIpc) is 3.16. The second-order valence-corrected chi connectivity index (χ2v) is 10.6. The first-order valence-corrected chi connectivity index (χ1v) is 10.7. The molecule has 2 aliphatic heterocycles. The van der Waals surface area contributed by atoms with Crippen LogP contribution in [0.25, 0.3) is 0 Å². The summed E-state index contributed by atoms with van der Waals surface area (Å²) < 4.78 is 28.0. The molecule has 1 aromatic heterocycles. The van der Waals surface area contributed by atoms with Gasteiger partial charge >= 0.3 is 0 Å². The number of rotatable bonds is 4. The molecular formula is C14H20BrN3O3S2. The zero-order valence-electron chi connectivity index (χ0n) is 12.7. The molecule has 1 aromatic rings. The first-order valence-electron chi connectivity index (χ1n) is 7.70. The van der Waals surface area contributed by atoms with Gasteiger partial charge in [0.15, 0.2) is 0 Å². The maximum absolute atomic E-state index is 12.6. The van der Waals surface area contributed by atoms with E-state index in [4.69, 9.17) is 5.73 Å². The van der Waals surface area contributed by atoms with E-state index in [1.807, 2.05) is 0 Å². The number of primary amides is 1. The second-order valence-electron chi connectivity index (χ2n) is 5.99. The normalized spacial score (nSPS) is 25.0. The van der Waals surface area contributed by atoms with Gasteiger partial charge in [-0.1, -0.05) is 0 Å². The van der Waals surface area contributed by atoms with Crippen LogP contribution in [0, 0.1) is 0 Å². The SMILES string of the molecule is NC(=O)C1CCCN1C1CCN(S(=O)(=O)c2ccc(Br)s2)CC1. The van der Waals surface area contributed by atoms with Crippen molar-refractivity contribution in [3.05, 3.63) is 15.9 Å². The van der Waals surface area contributed by atoms with Crippen LogP contribution in [0.3, 0.4) is 0 Å². The van der Waals surface area contributed by atoms with Crippen molar-refractivity contribution in [3.63, 3.8) is 0 Å². The van der Waals surface area contributed by atoms with Crippen molar-refractivity contribution in [2.45, 2.75) is 42.0 Å². The number of nitrogens with two attached hydrogens (primary N) is 1. The van der Waals surface area contributed by atoms with Crippen LogP contribution in [-0.2, 0) is 14.8 Å². The van der Waals surface area contributed by atoms with E-state index < -0.39 is 10.0 Å². The second kappa shape index (κ2) is 6.79.